The normalized spacial score (nSPS) is 32.9. The number of likely N-dealkylation sites (N-methyl/N-ethyl adjacent to an activating group) is 1. The number of benzene rings is 1. The van der Waals surface area contributed by atoms with Crippen LogP contribution >= 0.6 is 11.6 Å². The molecule has 4 aliphatic heterocycles. The number of hydrogen-bond acceptors (Lipinski definition) is 5. The zero-order chi connectivity index (χ0) is 26.5. The van der Waals surface area contributed by atoms with Crippen molar-refractivity contribution >= 4 is 35.0 Å². The molecule has 1 unspecified atom stereocenters. The van der Waals surface area contributed by atoms with Crippen molar-refractivity contribution in [1.29, 1.82) is 0 Å². The third-order valence-electron chi connectivity index (χ3n) is 8.27. The highest BCUT2D eigenvalue weighted by Crippen LogP contribution is 2.57. The summed E-state index contributed by atoms with van der Waals surface area (Å²) in [5.41, 5.74) is -0.846. The smallest absolute Gasteiger partial charge is 0.253 e. The Hall–Kier alpha value is -2.68. The molecule has 2 saturated heterocycles. The van der Waals surface area contributed by atoms with Crippen molar-refractivity contribution in [2.75, 3.05) is 38.2 Å². The number of unbranched alkanes of at least 4 members (excludes halogenated alkanes) is 2. The van der Waals surface area contributed by atoms with E-state index in [-0.39, 0.29) is 30.9 Å². The number of hydrogen-bond donors (Lipinski definition) is 1. The monoisotopic (exact) mass is 527 g/mol. The first-order chi connectivity index (χ1) is 17.7. The number of carbonyl (C=O) groups is 3. The van der Waals surface area contributed by atoms with E-state index in [2.05, 4.69) is 0 Å². The topological polar surface area (TPSA) is 90.4 Å². The molecule has 9 heteroatoms. The molecular weight excluding hydrogens is 494 g/mol. The average Bonchev–Trinajstić information content (AvgIpc) is 3.12. The molecule has 0 aromatic heterocycles. The van der Waals surface area contributed by atoms with Gasteiger partial charge in [0.15, 0.2) is 0 Å². The molecule has 8 nitrogen and oxygen atoms in total. The number of fused-ring (bicyclic) bond motifs is 2. The Labute approximate surface area is 222 Å². The van der Waals surface area contributed by atoms with Gasteiger partial charge in [0.25, 0.3) is 5.91 Å². The van der Waals surface area contributed by atoms with E-state index in [1.807, 2.05) is 50.3 Å². The van der Waals surface area contributed by atoms with Crippen molar-refractivity contribution in [2.24, 2.45) is 11.8 Å². The lowest BCUT2D eigenvalue weighted by atomic mass is 9.74. The van der Waals surface area contributed by atoms with Crippen LogP contribution in [0.2, 0.25) is 5.02 Å². The summed E-state index contributed by atoms with van der Waals surface area (Å²) in [6, 6.07) is 4.55. The molecule has 0 bridgehead atoms. The minimum atomic E-state index is -1.29. The van der Waals surface area contributed by atoms with E-state index in [1.165, 1.54) is 0 Å². The first kappa shape index (κ1) is 25.9. The second-order valence-electron chi connectivity index (χ2n) is 10.7. The largest absolute Gasteiger partial charge is 0.396 e. The van der Waals surface area contributed by atoms with Gasteiger partial charge < -0.3 is 24.5 Å². The number of amides is 3. The molecule has 1 aromatic carbocycles. The summed E-state index contributed by atoms with van der Waals surface area (Å²) in [6.07, 6.45) is 9.44. The van der Waals surface area contributed by atoms with Gasteiger partial charge >= 0.3 is 0 Å². The van der Waals surface area contributed by atoms with Gasteiger partial charge in [-0.2, -0.15) is 0 Å². The van der Waals surface area contributed by atoms with Gasteiger partial charge in [-0.1, -0.05) is 48.0 Å². The number of ether oxygens (including phenoxy) is 1. The number of likely N-dealkylation sites (tertiary alicyclic amines) is 1. The van der Waals surface area contributed by atoms with Gasteiger partial charge in [0.05, 0.1) is 28.1 Å². The molecule has 5 rings (SSSR count). The fraction of sp³-hybridized carbons (Fsp3) is 0.536. The summed E-state index contributed by atoms with van der Waals surface area (Å²) in [7, 11) is 1.73. The molecular formula is C28H34ClN3O5. The van der Waals surface area contributed by atoms with Crippen LogP contribution < -0.4 is 4.90 Å². The summed E-state index contributed by atoms with van der Waals surface area (Å²) in [5, 5.41) is 9.68. The lowest BCUT2D eigenvalue weighted by Gasteiger charge is -2.37. The fourth-order valence-electron chi connectivity index (χ4n) is 6.62. The lowest BCUT2D eigenvalue weighted by Crippen LogP contribution is -2.56. The molecule has 3 amide bonds. The summed E-state index contributed by atoms with van der Waals surface area (Å²) in [6.45, 7) is 4.86. The molecule has 4 heterocycles. The van der Waals surface area contributed by atoms with Crippen molar-refractivity contribution in [2.45, 2.75) is 50.4 Å². The Morgan fingerprint density at radius 1 is 1.03 bits per heavy atom. The molecule has 1 aromatic rings. The quantitative estimate of drug-likeness (QED) is 0.454. The molecule has 5 atom stereocenters. The Bertz CT molecular complexity index is 1160. The van der Waals surface area contributed by atoms with E-state index in [1.54, 1.807) is 27.8 Å². The number of aryl methyl sites for hydroxylation is 1. The molecule has 1 N–H and O–H groups in total. The second-order valence-corrected chi connectivity index (χ2v) is 11.1. The number of aliphatic hydroxyl groups is 1. The van der Waals surface area contributed by atoms with Crippen LogP contribution in [0, 0.1) is 18.8 Å². The third-order valence-corrected chi connectivity index (χ3v) is 8.58. The van der Waals surface area contributed by atoms with Crippen molar-refractivity contribution in [1.82, 2.24) is 9.80 Å². The molecule has 1 spiro atoms. The van der Waals surface area contributed by atoms with Gasteiger partial charge in [0.1, 0.15) is 11.6 Å². The van der Waals surface area contributed by atoms with E-state index in [4.69, 9.17) is 16.3 Å². The van der Waals surface area contributed by atoms with Crippen LogP contribution in [0.5, 0.6) is 0 Å². The minimum Gasteiger partial charge on any atom is -0.396 e. The van der Waals surface area contributed by atoms with Crippen LogP contribution in [0.15, 0.2) is 42.5 Å². The maximum Gasteiger partial charge on any atom is 0.253 e. The van der Waals surface area contributed by atoms with Gasteiger partial charge in [-0.05, 0) is 44.7 Å². The van der Waals surface area contributed by atoms with E-state index >= 15 is 0 Å². The van der Waals surface area contributed by atoms with Crippen LogP contribution in [0.25, 0.3) is 0 Å². The number of para-hydroxylation sites is 1. The Kier molecular flexibility index (Phi) is 6.71. The highest BCUT2D eigenvalue weighted by Gasteiger charge is 2.74. The van der Waals surface area contributed by atoms with Crippen LogP contribution in [-0.4, -0.2) is 83.2 Å². The van der Waals surface area contributed by atoms with E-state index in [0.717, 1.165) is 5.56 Å². The summed E-state index contributed by atoms with van der Waals surface area (Å²) < 4.78 is 6.79. The number of carbonyl (C=O) groups excluding carboxylic acids is 3. The van der Waals surface area contributed by atoms with Gasteiger partial charge in [-0.15, -0.1) is 0 Å². The van der Waals surface area contributed by atoms with Crippen molar-refractivity contribution in [3.63, 3.8) is 0 Å². The standard InChI is InChI=1S/C28H34ClN3O5/c1-18-10-7-11-19(29)22(18)31-16-9-13-28-21(20-24(34)30(3)14-8-12-27(20,2)37-28)25(35)32(23(28)26(31)36)15-5-4-6-17-33/h7-13,20-21,23,33H,4-6,14-17H2,1-3H3/t20-,21+,23?,27+,28+/m1/s1. The molecule has 198 valence electrons. The highest BCUT2D eigenvalue weighted by atomic mass is 35.5. The molecule has 0 radical (unpaired) electrons. The van der Waals surface area contributed by atoms with Crippen LogP contribution in [0.1, 0.15) is 31.7 Å². The number of halogens is 1. The van der Waals surface area contributed by atoms with Crippen LogP contribution in [-0.2, 0) is 19.1 Å². The molecule has 0 aliphatic carbocycles. The van der Waals surface area contributed by atoms with Gasteiger partial charge in [-0.3, -0.25) is 14.4 Å². The number of nitrogens with zero attached hydrogens (tertiary/aromatic N) is 3. The Morgan fingerprint density at radius 3 is 2.51 bits per heavy atom. The second kappa shape index (κ2) is 9.57. The SMILES string of the molecule is Cc1cccc(Cl)c1N1CC=C[C@]23O[C@@]4(C)C=CCN(C)C(=O)[C@H]4[C@H]2C(=O)N(CCCCCO)C3C1=O. The zero-order valence-electron chi connectivity index (χ0n) is 21.5. The van der Waals surface area contributed by atoms with Gasteiger partial charge in [0, 0.05) is 33.3 Å². The van der Waals surface area contributed by atoms with E-state index in [0.29, 0.717) is 43.1 Å². The molecule has 2 fully saturated rings. The van der Waals surface area contributed by atoms with E-state index in [9.17, 15) is 19.5 Å². The first-order valence-electron chi connectivity index (χ1n) is 12.9. The van der Waals surface area contributed by atoms with Crippen molar-refractivity contribution in [3.8, 4) is 0 Å². The molecule has 4 aliphatic rings. The Balaban J connectivity index is 1.63. The predicted molar refractivity (Wildman–Crippen MR) is 140 cm³/mol. The molecule has 0 saturated carbocycles. The fourth-order valence-corrected chi connectivity index (χ4v) is 6.94. The average molecular weight is 528 g/mol. The summed E-state index contributed by atoms with van der Waals surface area (Å²) >= 11 is 6.58. The first-order valence-corrected chi connectivity index (χ1v) is 13.3. The van der Waals surface area contributed by atoms with Crippen LogP contribution in [0.3, 0.4) is 0 Å². The predicted octanol–water partition coefficient (Wildman–Crippen LogP) is 2.71. The zero-order valence-corrected chi connectivity index (χ0v) is 22.3. The summed E-state index contributed by atoms with van der Waals surface area (Å²) in [4.78, 5) is 47.1. The van der Waals surface area contributed by atoms with E-state index < -0.39 is 29.1 Å². The van der Waals surface area contributed by atoms with Gasteiger partial charge in [0.2, 0.25) is 11.8 Å². The highest BCUT2D eigenvalue weighted by molar-refractivity contribution is 6.34. The summed E-state index contributed by atoms with van der Waals surface area (Å²) in [5.74, 6) is -2.25. The number of rotatable bonds is 6. The maximum atomic E-state index is 14.4. The van der Waals surface area contributed by atoms with Crippen molar-refractivity contribution < 1.29 is 24.2 Å². The number of aliphatic hydroxyl groups excluding tert-OH is 1. The maximum absolute atomic E-state index is 14.4. The van der Waals surface area contributed by atoms with Crippen LogP contribution in [0.4, 0.5) is 5.69 Å². The molecule has 37 heavy (non-hydrogen) atoms. The lowest BCUT2D eigenvalue weighted by molar-refractivity contribution is -0.148. The van der Waals surface area contributed by atoms with Gasteiger partial charge in [-0.25, -0.2) is 0 Å². The number of anilines is 1. The Morgan fingerprint density at radius 2 is 1.78 bits per heavy atom. The minimum absolute atomic E-state index is 0.0713. The van der Waals surface area contributed by atoms with Crippen molar-refractivity contribution in [3.05, 3.63) is 53.1 Å². The third kappa shape index (κ3) is 3.92.